The summed E-state index contributed by atoms with van der Waals surface area (Å²) in [6.07, 6.45) is 2.86. The Morgan fingerprint density at radius 1 is 1.11 bits per heavy atom. The Morgan fingerprint density at radius 3 is 2.53 bits per heavy atom. The third-order valence-electron chi connectivity index (χ3n) is 2.77. The third-order valence-corrected chi connectivity index (χ3v) is 2.77. The minimum absolute atomic E-state index is 0.150. The third kappa shape index (κ3) is 2.39. The van der Waals surface area contributed by atoms with Crippen LogP contribution in [0, 0.1) is 17.5 Å². The van der Waals surface area contributed by atoms with E-state index < -0.39 is 23.5 Å². The number of methoxy groups -OCH3 is 1. The van der Waals surface area contributed by atoms with Gasteiger partial charge in [0.05, 0.1) is 19.3 Å². The molecule has 6 heteroatoms. The van der Waals surface area contributed by atoms with E-state index in [-0.39, 0.29) is 5.56 Å². The van der Waals surface area contributed by atoms with Gasteiger partial charge in [0.2, 0.25) is 0 Å². The summed E-state index contributed by atoms with van der Waals surface area (Å²) < 4.78 is 44.8. The Hall–Kier alpha value is -2.08. The first kappa shape index (κ1) is 13.4. The molecule has 0 fully saturated rings. The number of benzene rings is 1. The molecular formula is C13H11F3N2O. The van der Waals surface area contributed by atoms with Gasteiger partial charge in [-0.1, -0.05) is 6.07 Å². The summed E-state index contributed by atoms with van der Waals surface area (Å²) >= 11 is 0. The van der Waals surface area contributed by atoms with Crippen molar-refractivity contribution in [3.63, 3.8) is 0 Å². The van der Waals surface area contributed by atoms with Gasteiger partial charge in [0.1, 0.15) is 5.75 Å². The molecule has 0 spiro atoms. The van der Waals surface area contributed by atoms with E-state index in [1.54, 1.807) is 0 Å². The van der Waals surface area contributed by atoms with Crippen molar-refractivity contribution in [2.24, 2.45) is 5.73 Å². The molecular weight excluding hydrogens is 257 g/mol. The number of hydrogen-bond acceptors (Lipinski definition) is 3. The van der Waals surface area contributed by atoms with Crippen LogP contribution in [0.3, 0.4) is 0 Å². The number of aromatic nitrogens is 1. The maximum atomic E-state index is 13.7. The number of nitrogens with two attached hydrogens (primary N) is 1. The van der Waals surface area contributed by atoms with Crippen LogP contribution in [0.4, 0.5) is 13.2 Å². The predicted molar refractivity (Wildman–Crippen MR) is 63.1 cm³/mol. The number of ether oxygens (including phenoxy) is 1. The fourth-order valence-corrected chi connectivity index (χ4v) is 1.77. The molecule has 1 aromatic heterocycles. The number of nitrogens with zero attached hydrogens (tertiary/aromatic N) is 1. The van der Waals surface area contributed by atoms with Gasteiger partial charge in [-0.05, 0) is 12.1 Å². The fraction of sp³-hybridized carbons (Fsp3) is 0.154. The van der Waals surface area contributed by atoms with Crippen molar-refractivity contribution in [1.82, 2.24) is 4.98 Å². The zero-order chi connectivity index (χ0) is 14.0. The van der Waals surface area contributed by atoms with Crippen molar-refractivity contribution in [2.45, 2.75) is 6.04 Å². The fourth-order valence-electron chi connectivity index (χ4n) is 1.77. The summed E-state index contributed by atoms with van der Waals surface area (Å²) in [7, 11) is 1.41. The summed E-state index contributed by atoms with van der Waals surface area (Å²) in [4.78, 5) is 3.84. The van der Waals surface area contributed by atoms with Crippen LogP contribution in [0.15, 0.2) is 30.6 Å². The van der Waals surface area contributed by atoms with Crippen LogP contribution in [-0.2, 0) is 0 Å². The second-order valence-electron chi connectivity index (χ2n) is 3.86. The first-order valence-corrected chi connectivity index (χ1v) is 5.43. The Balaban J connectivity index is 2.50. The van der Waals surface area contributed by atoms with E-state index in [0.29, 0.717) is 11.3 Å². The molecule has 3 nitrogen and oxygen atoms in total. The maximum absolute atomic E-state index is 13.7. The van der Waals surface area contributed by atoms with Crippen molar-refractivity contribution >= 4 is 0 Å². The van der Waals surface area contributed by atoms with Gasteiger partial charge in [-0.3, -0.25) is 4.98 Å². The number of pyridine rings is 1. The molecule has 0 bridgehead atoms. The molecule has 1 atom stereocenters. The van der Waals surface area contributed by atoms with Gasteiger partial charge >= 0.3 is 0 Å². The number of halogens is 3. The highest BCUT2D eigenvalue weighted by molar-refractivity contribution is 5.40. The Morgan fingerprint density at radius 2 is 1.84 bits per heavy atom. The predicted octanol–water partition coefficient (Wildman–Crippen LogP) is 2.56. The lowest BCUT2D eigenvalue weighted by Gasteiger charge is -2.16. The molecule has 2 N–H and O–H groups in total. The highest BCUT2D eigenvalue weighted by Gasteiger charge is 2.21. The van der Waals surface area contributed by atoms with Gasteiger partial charge in [-0.25, -0.2) is 13.2 Å². The molecule has 2 aromatic rings. The summed E-state index contributed by atoms with van der Waals surface area (Å²) in [5.74, 6) is -3.75. The second-order valence-corrected chi connectivity index (χ2v) is 3.86. The Labute approximate surface area is 107 Å². The number of rotatable bonds is 3. The van der Waals surface area contributed by atoms with E-state index in [4.69, 9.17) is 10.5 Å². The van der Waals surface area contributed by atoms with E-state index in [0.717, 1.165) is 12.1 Å². The van der Waals surface area contributed by atoms with Crippen molar-refractivity contribution in [1.29, 1.82) is 0 Å². The molecule has 2 rings (SSSR count). The quantitative estimate of drug-likeness (QED) is 0.870. The first-order valence-electron chi connectivity index (χ1n) is 5.43. The zero-order valence-corrected chi connectivity index (χ0v) is 10.0. The lowest BCUT2D eigenvalue weighted by Crippen LogP contribution is -2.16. The molecule has 100 valence electrons. The van der Waals surface area contributed by atoms with Gasteiger partial charge in [-0.15, -0.1) is 0 Å². The maximum Gasteiger partial charge on any atom is 0.194 e. The highest BCUT2D eigenvalue weighted by atomic mass is 19.2. The molecule has 0 amide bonds. The largest absolute Gasteiger partial charge is 0.495 e. The van der Waals surface area contributed by atoms with Crippen LogP contribution in [-0.4, -0.2) is 12.1 Å². The SMILES string of the molecule is COc1cnccc1C(N)c1ccc(F)c(F)c1F. The van der Waals surface area contributed by atoms with E-state index in [1.807, 2.05) is 0 Å². The summed E-state index contributed by atoms with van der Waals surface area (Å²) in [6, 6.07) is 2.50. The summed E-state index contributed by atoms with van der Waals surface area (Å²) in [5.41, 5.74) is 6.16. The van der Waals surface area contributed by atoms with Gasteiger partial charge < -0.3 is 10.5 Å². The molecule has 0 saturated heterocycles. The van der Waals surface area contributed by atoms with Crippen LogP contribution >= 0.6 is 0 Å². The minimum atomic E-state index is -1.54. The van der Waals surface area contributed by atoms with Gasteiger partial charge in [-0.2, -0.15) is 0 Å². The smallest absolute Gasteiger partial charge is 0.194 e. The van der Waals surface area contributed by atoms with Crippen molar-refractivity contribution in [3.05, 3.63) is 59.2 Å². The molecule has 0 aliphatic rings. The van der Waals surface area contributed by atoms with E-state index >= 15 is 0 Å². The lowest BCUT2D eigenvalue weighted by atomic mass is 9.99. The number of hydrogen-bond donors (Lipinski definition) is 1. The average molecular weight is 268 g/mol. The molecule has 19 heavy (non-hydrogen) atoms. The van der Waals surface area contributed by atoms with Crippen LogP contribution in [0.5, 0.6) is 5.75 Å². The monoisotopic (exact) mass is 268 g/mol. The molecule has 0 radical (unpaired) electrons. The molecule has 0 aliphatic carbocycles. The van der Waals surface area contributed by atoms with Crippen LogP contribution in [0.25, 0.3) is 0 Å². The van der Waals surface area contributed by atoms with Crippen LogP contribution in [0.2, 0.25) is 0 Å². The zero-order valence-electron chi connectivity index (χ0n) is 10.0. The van der Waals surface area contributed by atoms with E-state index in [1.165, 1.54) is 25.6 Å². The topological polar surface area (TPSA) is 48.1 Å². The molecule has 0 saturated carbocycles. The lowest BCUT2D eigenvalue weighted by molar-refractivity contribution is 0.404. The molecule has 1 heterocycles. The first-order chi connectivity index (χ1) is 9.06. The van der Waals surface area contributed by atoms with Gasteiger partial charge in [0.15, 0.2) is 17.5 Å². The molecule has 1 unspecified atom stereocenters. The average Bonchev–Trinajstić information content (AvgIpc) is 2.44. The van der Waals surface area contributed by atoms with Crippen molar-refractivity contribution in [3.8, 4) is 5.75 Å². The van der Waals surface area contributed by atoms with E-state index in [9.17, 15) is 13.2 Å². The van der Waals surface area contributed by atoms with Gasteiger partial charge in [0.25, 0.3) is 0 Å². The highest BCUT2D eigenvalue weighted by Crippen LogP contribution is 2.29. The standard InChI is InChI=1S/C13H11F3N2O/c1-19-10-6-18-5-4-7(10)13(17)8-2-3-9(14)12(16)11(8)15/h2-6,13H,17H2,1H3. The van der Waals surface area contributed by atoms with Crippen molar-refractivity contribution < 1.29 is 17.9 Å². The normalized spacial score (nSPS) is 12.3. The Bertz CT molecular complexity index is 604. The summed E-state index contributed by atoms with van der Waals surface area (Å²) in [6.45, 7) is 0. The minimum Gasteiger partial charge on any atom is -0.495 e. The van der Waals surface area contributed by atoms with Crippen LogP contribution in [0.1, 0.15) is 17.2 Å². The summed E-state index contributed by atoms with van der Waals surface area (Å²) in [5, 5.41) is 0. The molecule has 1 aromatic carbocycles. The molecule has 0 aliphatic heterocycles. The van der Waals surface area contributed by atoms with Crippen molar-refractivity contribution in [2.75, 3.05) is 7.11 Å². The van der Waals surface area contributed by atoms with E-state index in [2.05, 4.69) is 4.98 Å². The Kier molecular flexibility index (Phi) is 3.71. The van der Waals surface area contributed by atoms with Crippen LogP contribution < -0.4 is 10.5 Å². The van der Waals surface area contributed by atoms with Gasteiger partial charge in [0, 0.05) is 17.3 Å². The second kappa shape index (κ2) is 5.27.